The van der Waals surface area contributed by atoms with Crippen LogP contribution < -0.4 is 10.6 Å². The van der Waals surface area contributed by atoms with Crippen LogP contribution in [0.4, 0.5) is 4.79 Å². The van der Waals surface area contributed by atoms with Gasteiger partial charge in [0, 0.05) is 25.8 Å². The number of carbonyl (C=O) groups is 1. The molecule has 2 saturated carbocycles. The number of hydrogen-bond acceptors (Lipinski definition) is 3. The van der Waals surface area contributed by atoms with Crippen molar-refractivity contribution in [2.45, 2.75) is 94.8 Å². The van der Waals surface area contributed by atoms with E-state index in [9.17, 15) is 4.79 Å². The lowest BCUT2D eigenvalue weighted by Gasteiger charge is -2.43. The van der Waals surface area contributed by atoms with E-state index >= 15 is 0 Å². The lowest BCUT2D eigenvalue weighted by molar-refractivity contribution is -0.107. The minimum absolute atomic E-state index is 0.0336. The molecule has 2 aliphatic carbocycles. The first-order valence-corrected chi connectivity index (χ1v) is 10.1. The molecule has 0 unspecified atom stereocenters. The molecule has 0 bridgehead atoms. The number of carbonyl (C=O) groups excluding carboxylic acids is 1. The Morgan fingerprint density at radius 2 is 1.88 bits per heavy atom. The Kier molecular flexibility index (Phi) is 6.78. The van der Waals surface area contributed by atoms with E-state index in [0.29, 0.717) is 12.6 Å². The second-order valence-corrected chi connectivity index (χ2v) is 7.81. The molecular weight excluding hydrogens is 304 g/mol. The second kappa shape index (κ2) is 9.04. The Bertz CT molecular complexity index is 385. The molecule has 1 saturated heterocycles. The Morgan fingerprint density at radius 3 is 2.67 bits per heavy atom. The van der Waals surface area contributed by atoms with Crippen molar-refractivity contribution in [1.29, 1.82) is 0 Å². The van der Waals surface area contributed by atoms with Crippen LogP contribution in [0.25, 0.3) is 0 Å². The minimum atomic E-state index is -0.0336. The topological polar surface area (TPSA) is 59.6 Å². The average molecular weight is 338 g/mol. The van der Waals surface area contributed by atoms with Crippen LogP contribution in [0.15, 0.2) is 0 Å². The summed E-state index contributed by atoms with van der Waals surface area (Å²) in [5, 5.41) is 6.13. The summed E-state index contributed by atoms with van der Waals surface area (Å²) in [4.78, 5) is 12.1. The maximum Gasteiger partial charge on any atom is 0.315 e. The summed E-state index contributed by atoms with van der Waals surface area (Å²) in [7, 11) is 0. The highest BCUT2D eigenvalue weighted by Crippen LogP contribution is 2.38. The number of amides is 2. The standard InChI is InChI=1S/C19H34N2O3/c22-18(20-12-6-13-23-17-7-2-3-8-17)21-16-9-14-24-19(15-16)10-4-1-5-11-19/h16-17H,1-15H2,(H2,20,21,22)/t16-/m0/s1. The Labute approximate surface area is 146 Å². The predicted octanol–water partition coefficient (Wildman–Crippen LogP) is 3.52. The van der Waals surface area contributed by atoms with Crippen molar-refractivity contribution >= 4 is 6.03 Å². The molecular formula is C19H34N2O3. The fourth-order valence-corrected chi connectivity index (χ4v) is 4.51. The smallest absolute Gasteiger partial charge is 0.315 e. The van der Waals surface area contributed by atoms with Crippen molar-refractivity contribution in [3.8, 4) is 0 Å². The molecule has 0 aromatic carbocycles. The van der Waals surface area contributed by atoms with Crippen LogP contribution >= 0.6 is 0 Å². The van der Waals surface area contributed by atoms with Gasteiger partial charge in [0.2, 0.25) is 0 Å². The van der Waals surface area contributed by atoms with Gasteiger partial charge >= 0.3 is 6.03 Å². The summed E-state index contributed by atoms with van der Waals surface area (Å²) >= 11 is 0. The lowest BCUT2D eigenvalue weighted by Crippen LogP contribution is -2.51. The number of urea groups is 1. The molecule has 1 aliphatic heterocycles. The van der Waals surface area contributed by atoms with E-state index in [1.54, 1.807) is 0 Å². The van der Waals surface area contributed by atoms with Gasteiger partial charge in [0.25, 0.3) is 0 Å². The van der Waals surface area contributed by atoms with E-state index in [2.05, 4.69) is 10.6 Å². The molecule has 24 heavy (non-hydrogen) atoms. The van der Waals surface area contributed by atoms with Crippen molar-refractivity contribution in [1.82, 2.24) is 10.6 Å². The van der Waals surface area contributed by atoms with Crippen molar-refractivity contribution in [2.24, 2.45) is 0 Å². The summed E-state index contributed by atoms with van der Waals surface area (Å²) in [6, 6.07) is 0.223. The van der Waals surface area contributed by atoms with E-state index < -0.39 is 0 Å². The molecule has 0 aromatic heterocycles. The Morgan fingerprint density at radius 1 is 1.08 bits per heavy atom. The highest BCUT2D eigenvalue weighted by molar-refractivity contribution is 5.74. The normalized spacial score (nSPS) is 27.2. The van der Waals surface area contributed by atoms with Gasteiger partial charge in [-0.3, -0.25) is 0 Å². The SMILES string of the molecule is O=C(NCCCOC1CCCC1)N[C@H]1CCOC2(CCCCC2)C1. The predicted molar refractivity (Wildman–Crippen MR) is 94.1 cm³/mol. The first-order chi connectivity index (χ1) is 11.8. The fourth-order valence-electron chi connectivity index (χ4n) is 4.51. The maximum atomic E-state index is 12.1. The summed E-state index contributed by atoms with van der Waals surface area (Å²) in [6.45, 7) is 2.22. The first kappa shape index (κ1) is 18.0. The average Bonchev–Trinajstić information content (AvgIpc) is 3.09. The van der Waals surface area contributed by atoms with Crippen LogP contribution in [0.1, 0.15) is 77.0 Å². The number of nitrogens with one attached hydrogen (secondary N) is 2. The van der Waals surface area contributed by atoms with Gasteiger partial charge in [-0.15, -0.1) is 0 Å². The molecule has 5 heteroatoms. The van der Waals surface area contributed by atoms with Crippen LogP contribution in [0.5, 0.6) is 0 Å². The highest BCUT2D eigenvalue weighted by atomic mass is 16.5. The monoisotopic (exact) mass is 338 g/mol. The summed E-state index contributed by atoms with van der Waals surface area (Å²) < 4.78 is 11.9. The van der Waals surface area contributed by atoms with E-state index in [-0.39, 0.29) is 17.7 Å². The molecule has 3 rings (SSSR count). The van der Waals surface area contributed by atoms with E-state index in [1.165, 1.54) is 44.9 Å². The quantitative estimate of drug-likeness (QED) is 0.729. The number of ether oxygens (including phenoxy) is 2. The van der Waals surface area contributed by atoms with E-state index in [0.717, 1.165) is 45.3 Å². The summed E-state index contributed by atoms with van der Waals surface area (Å²) in [6.07, 6.45) is 14.5. The van der Waals surface area contributed by atoms with Crippen molar-refractivity contribution in [3.05, 3.63) is 0 Å². The van der Waals surface area contributed by atoms with Crippen LogP contribution in [-0.2, 0) is 9.47 Å². The molecule has 2 N–H and O–H groups in total. The number of hydrogen-bond donors (Lipinski definition) is 2. The largest absolute Gasteiger partial charge is 0.378 e. The molecule has 0 radical (unpaired) electrons. The van der Waals surface area contributed by atoms with Gasteiger partial charge in [0.05, 0.1) is 11.7 Å². The molecule has 138 valence electrons. The lowest BCUT2D eigenvalue weighted by atomic mass is 9.78. The van der Waals surface area contributed by atoms with Gasteiger partial charge in [-0.1, -0.05) is 32.1 Å². The van der Waals surface area contributed by atoms with Gasteiger partial charge < -0.3 is 20.1 Å². The van der Waals surface area contributed by atoms with Gasteiger partial charge in [-0.25, -0.2) is 4.79 Å². The molecule has 1 heterocycles. The molecule has 0 aromatic rings. The highest BCUT2D eigenvalue weighted by Gasteiger charge is 2.38. The second-order valence-electron chi connectivity index (χ2n) is 7.81. The Balaban J connectivity index is 1.28. The minimum Gasteiger partial charge on any atom is -0.378 e. The van der Waals surface area contributed by atoms with Crippen molar-refractivity contribution in [2.75, 3.05) is 19.8 Å². The molecule has 5 nitrogen and oxygen atoms in total. The van der Waals surface area contributed by atoms with Crippen LogP contribution in [0, 0.1) is 0 Å². The van der Waals surface area contributed by atoms with E-state index in [4.69, 9.17) is 9.47 Å². The molecule has 2 amide bonds. The molecule has 3 fully saturated rings. The van der Waals surface area contributed by atoms with Gasteiger partial charge in [0.15, 0.2) is 0 Å². The molecule has 1 spiro atoms. The Hall–Kier alpha value is -0.810. The third-order valence-electron chi connectivity index (χ3n) is 5.86. The van der Waals surface area contributed by atoms with Crippen molar-refractivity contribution < 1.29 is 14.3 Å². The van der Waals surface area contributed by atoms with Crippen molar-refractivity contribution in [3.63, 3.8) is 0 Å². The fraction of sp³-hybridized carbons (Fsp3) is 0.947. The van der Waals surface area contributed by atoms with Gasteiger partial charge in [0.1, 0.15) is 0 Å². The zero-order valence-electron chi connectivity index (χ0n) is 15.0. The number of rotatable bonds is 6. The summed E-state index contributed by atoms with van der Waals surface area (Å²) in [5.74, 6) is 0. The summed E-state index contributed by atoms with van der Waals surface area (Å²) in [5.41, 5.74) is 0.0452. The van der Waals surface area contributed by atoms with E-state index in [1.807, 2.05) is 0 Å². The van der Waals surface area contributed by atoms with Crippen LogP contribution in [0.3, 0.4) is 0 Å². The van der Waals surface area contributed by atoms with Crippen LogP contribution in [-0.4, -0.2) is 43.5 Å². The molecule has 3 aliphatic rings. The third-order valence-corrected chi connectivity index (χ3v) is 5.86. The van der Waals surface area contributed by atoms with Gasteiger partial charge in [-0.2, -0.15) is 0 Å². The zero-order valence-corrected chi connectivity index (χ0v) is 15.0. The third kappa shape index (κ3) is 5.35. The van der Waals surface area contributed by atoms with Gasteiger partial charge in [-0.05, 0) is 44.9 Å². The first-order valence-electron chi connectivity index (χ1n) is 10.1. The zero-order chi connectivity index (χ0) is 16.7. The van der Waals surface area contributed by atoms with Crippen LogP contribution in [0.2, 0.25) is 0 Å². The molecule has 1 atom stereocenters. The maximum absolute atomic E-state index is 12.1.